The number of benzene rings is 20. The van der Waals surface area contributed by atoms with Crippen molar-refractivity contribution in [3.05, 3.63) is 571 Å². The summed E-state index contributed by atoms with van der Waals surface area (Å²) in [5, 5.41) is 0. The van der Waals surface area contributed by atoms with Gasteiger partial charge in [0, 0.05) is 58.8 Å². The number of anilines is 4. The number of para-hydroxylation sites is 2. The highest BCUT2D eigenvalue weighted by molar-refractivity contribution is 9.10. The average molecular weight is 1870 g/mol. The van der Waals surface area contributed by atoms with E-state index < -0.39 is 5.41 Å². The predicted molar refractivity (Wildman–Crippen MR) is 578 cm³/mol. The summed E-state index contributed by atoms with van der Waals surface area (Å²) in [4.78, 5) is 2.54. The van der Waals surface area contributed by atoms with Gasteiger partial charge in [0.2, 0.25) is 0 Å². The summed E-state index contributed by atoms with van der Waals surface area (Å²) in [6.07, 6.45) is 0.949. The number of nitrogens with two attached hydrogens (primary N) is 1. The maximum absolute atomic E-state index is 5.85. The third-order valence-corrected chi connectivity index (χ3v) is 31.2. The number of nitrogens with zero attached hydrogens (tertiary/aromatic N) is 1. The molecule has 0 atom stereocenters. The van der Waals surface area contributed by atoms with Crippen molar-refractivity contribution in [1.29, 1.82) is 0 Å². The zero-order valence-corrected chi connectivity index (χ0v) is 80.2. The fraction of sp³-hybridized carbons (Fsp3) is 0.0909. The Kier molecular flexibility index (Phi) is 21.4. The van der Waals surface area contributed by atoms with Gasteiger partial charge in [-0.3, -0.25) is 0 Å². The quantitative estimate of drug-likeness (QED) is 0.154. The largest absolute Gasteiger partial charge is 0.398 e. The van der Waals surface area contributed by atoms with E-state index in [1.54, 1.807) is 0 Å². The molecular weight excluding hydrogens is 1770 g/mol. The Morgan fingerprint density at radius 2 is 0.515 bits per heavy atom. The average Bonchev–Trinajstić information content (AvgIpc) is 1.47. The minimum absolute atomic E-state index is 0.0564. The molecule has 7 aliphatic carbocycles. The molecule has 0 bridgehead atoms. The van der Waals surface area contributed by atoms with Crippen molar-refractivity contribution in [2.45, 2.75) is 75.0 Å². The van der Waals surface area contributed by atoms with Crippen molar-refractivity contribution in [2.75, 3.05) is 10.6 Å². The molecule has 20 aromatic carbocycles. The van der Waals surface area contributed by atoms with Crippen LogP contribution in [0.25, 0.3) is 111 Å². The zero-order valence-electron chi connectivity index (χ0n) is 77.0. The second kappa shape index (κ2) is 34.1. The molecule has 4 heteroatoms. The van der Waals surface area contributed by atoms with Crippen LogP contribution in [0.1, 0.15) is 131 Å². The number of hydrogen-bond acceptors (Lipinski definition) is 2. The third-order valence-electron chi connectivity index (χ3n) is 30.0. The normalized spacial score (nSPS) is 14.1. The van der Waals surface area contributed by atoms with E-state index in [9.17, 15) is 0 Å². The number of rotatable bonds is 8. The van der Waals surface area contributed by atoms with Gasteiger partial charge in [0.05, 0.1) is 22.2 Å². The van der Waals surface area contributed by atoms with Crippen LogP contribution in [0.4, 0.5) is 22.7 Å². The second-order valence-electron chi connectivity index (χ2n) is 38.3. The highest BCUT2D eigenvalue weighted by atomic mass is 79.9. The van der Waals surface area contributed by atoms with Gasteiger partial charge in [0.25, 0.3) is 0 Å². The molecule has 2 nitrogen and oxygen atoms in total. The van der Waals surface area contributed by atoms with E-state index >= 15 is 0 Å². The molecule has 2 spiro atoms. The molecule has 0 aliphatic heterocycles. The summed E-state index contributed by atoms with van der Waals surface area (Å²) in [6.45, 7) is 14.0. The van der Waals surface area contributed by atoms with Crippen molar-refractivity contribution >= 4 is 54.6 Å². The fourth-order valence-corrected chi connectivity index (χ4v) is 24.8. The molecule has 7 aliphatic rings. The van der Waals surface area contributed by atoms with E-state index in [1.807, 2.05) is 42.5 Å². The van der Waals surface area contributed by atoms with E-state index in [2.05, 4.69) is 509 Å². The minimum Gasteiger partial charge on any atom is -0.398 e. The molecule has 0 saturated carbocycles. The van der Waals surface area contributed by atoms with Gasteiger partial charge in [0.15, 0.2) is 0 Å². The van der Waals surface area contributed by atoms with Gasteiger partial charge in [-0.1, -0.05) is 498 Å². The van der Waals surface area contributed by atoms with Gasteiger partial charge in [-0.25, -0.2) is 0 Å². The first kappa shape index (κ1) is 85.2. The molecule has 0 fully saturated rings. The lowest BCUT2D eigenvalue weighted by molar-refractivity contribution is 0.659. The summed E-state index contributed by atoms with van der Waals surface area (Å²) in [7, 11) is 0. The molecule has 0 radical (unpaired) electrons. The Bertz CT molecular complexity index is 8000. The minimum atomic E-state index is -0.415. The second-order valence-corrected chi connectivity index (χ2v) is 40.1. The van der Waals surface area contributed by atoms with E-state index in [0.29, 0.717) is 0 Å². The molecule has 27 rings (SSSR count). The van der Waals surface area contributed by atoms with E-state index in [0.717, 1.165) is 33.5 Å². The first-order valence-electron chi connectivity index (χ1n) is 47.4. The van der Waals surface area contributed by atoms with Crippen LogP contribution in [0.15, 0.2) is 482 Å². The Hall–Kier alpha value is -15.0. The molecule has 652 valence electrons. The van der Waals surface area contributed by atoms with Gasteiger partial charge in [-0.15, -0.1) is 0 Å². The molecule has 0 aromatic heterocycles. The van der Waals surface area contributed by atoms with Crippen LogP contribution < -0.4 is 10.6 Å². The van der Waals surface area contributed by atoms with Crippen molar-refractivity contribution < 1.29 is 0 Å². The van der Waals surface area contributed by atoms with Gasteiger partial charge >= 0.3 is 0 Å². The van der Waals surface area contributed by atoms with Crippen LogP contribution in [0, 0.1) is 0 Å². The predicted octanol–water partition coefficient (Wildman–Crippen LogP) is 35.2. The van der Waals surface area contributed by atoms with E-state index in [1.165, 1.54) is 205 Å². The lowest BCUT2D eigenvalue weighted by atomic mass is 9.70. The van der Waals surface area contributed by atoms with Gasteiger partial charge < -0.3 is 10.6 Å². The number of nitrogen functional groups attached to an aromatic ring is 1. The first-order chi connectivity index (χ1) is 66.5. The summed E-state index contributed by atoms with van der Waals surface area (Å²) in [6, 6.07) is 172. The van der Waals surface area contributed by atoms with Crippen LogP contribution in [0.5, 0.6) is 0 Å². The Balaban J connectivity index is 0.000000105. The standard InChI is InChI=1S/C52H37N.C28H24.C25H15Br.C15H13Br.C12H11N/c1-51(2)42-24-11-6-20-37(42)40-32-31-35(33-47(40)51)53(48-29-15-10-19-36(48)34-17-4-3-5-18-34)49-30-16-28-46-50(49)41-23-9-14-27-45(41)52(46)43-25-12-7-21-38(43)39-22-8-13-26-44(39)52;1-28(2)26-15-9-8-14-24(26)25-17-16-20(19-27(25)28)18-22-12-6-7-13-23(22)21-10-4-3-5-11-21;26-23-15-7-14-22-24(23)18-10-3-6-13-21(18)25(22)19-11-4-1-8-16(19)17-9-2-5-12-20(17)25;1-15(2)13-6-4-3-5-11(13)12-8-7-10(16)9-14(12)15;13-12-9-5-4-8-11(12)10-6-2-1-3-7-10/h3-33H,1-2H3;3-17,19H,18H2,1-2H3;1-15H;3-9H,1-2H3;1-9H,13H2. The van der Waals surface area contributed by atoms with Crippen molar-refractivity contribution in [3.8, 4) is 111 Å². The lowest BCUT2D eigenvalue weighted by Crippen LogP contribution is -2.26. The Morgan fingerprint density at radius 1 is 0.213 bits per heavy atom. The molecule has 0 amide bonds. The molecule has 0 heterocycles. The molecule has 20 aromatic rings. The SMILES string of the molecule is Brc1cccc2c1-c1ccccc1C21c2ccccc2-c2ccccc21.CC1(C)c2ccccc2-c2ccc(Br)cc21.CC1(C)c2ccccc2-c2ccc(Cc3ccccc3-c3ccccc3)cc21.CC1(C)c2ccccc2-c2ccc(N(c3ccccc3-c3ccccc3)c3cccc4c3-c3ccccc3C43c4ccccc4-c4ccccc43)cc21.Nc1ccccc1-c1ccccc1. The summed E-state index contributed by atoms with van der Waals surface area (Å²) in [5.74, 6) is 0. The fourth-order valence-electron chi connectivity index (χ4n) is 23.9. The van der Waals surface area contributed by atoms with Crippen LogP contribution in [-0.2, 0) is 33.5 Å². The van der Waals surface area contributed by atoms with Crippen molar-refractivity contribution in [1.82, 2.24) is 0 Å². The summed E-state index contributed by atoms with van der Waals surface area (Å²) >= 11 is 7.39. The Labute approximate surface area is 816 Å². The lowest BCUT2D eigenvalue weighted by Gasteiger charge is -2.33. The third kappa shape index (κ3) is 13.7. The molecule has 2 N–H and O–H groups in total. The Morgan fingerprint density at radius 3 is 0.985 bits per heavy atom. The number of hydrogen-bond donors (Lipinski definition) is 1. The first-order valence-corrected chi connectivity index (χ1v) is 49.0. The van der Waals surface area contributed by atoms with Crippen LogP contribution in [-0.4, -0.2) is 0 Å². The maximum Gasteiger partial charge on any atom is 0.0726 e. The number of halogens is 2. The van der Waals surface area contributed by atoms with Crippen LogP contribution in [0.3, 0.4) is 0 Å². The smallest absolute Gasteiger partial charge is 0.0726 e. The highest BCUT2D eigenvalue weighted by Gasteiger charge is 2.54. The summed E-state index contributed by atoms with van der Waals surface area (Å²) in [5.41, 5.74) is 57.9. The molecule has 136 heavy (non-hydrogen) atoms. The van der Waals surface area contributed by atoms with Crippen molar-refractivity contribution in [3.63, 3.8) is 0 Å². The monoisotopic (exact) mass is 1870 g/mol. The van der Waals surface area contributed by atoms with E-state index in [4.69, 9.17) is 5.73 Å². The molecule has 0 saturated heterocycles. The van der Waals surface area contributed by atoms with Gasteiger partial charge in [0.1, 0.15) is 0 Å². The summed E-state index contributed by atoms with van der Waals surface area (Å²) < 4.78 is 2.33. The van der Waals surface area contributed by atoms with E-state index in [-0.39, 0.29) is 21.7 Å². The topological polar surface area (TPSA) is 29.3 Å². The van der Waals surface area contributed by atoms with Gasteiger partial charge in [-0.2, -0.15) is 0 Å². The van der Waals surface area contributed by atoms with Crippen LogP contribution in [0.2, 0.25) is 0 Å². The zero-order chi connectivity index (χ0) is 92.2. The maximum atomic E-state index is 5.85. The molecule has 0 unspecified atom stereocenters. The highest BCUT2D eigenvalue weighted by Crippen LogP contribution is 2.67. The number of fused-ring (bicyclic) bond motifs is 29. The van der Waals surface area contributed by atoms with Crippen molar-refractivity contribution in [2.24, 2.45) is 0 Å². The molecular formula is C132H100Br2N2. The van der Waals surface area contributed by atoms with Crippen LogP contribution >= 0.6 is 31.9 Å². The van der Waals surface area contributed by atoms with Gasteiger partial charge in [-0.05, 0) is 233 Å².